The molecule has 0 N–H and O–H groups in total. The lowest BCUT2D eigenvalue weighted by atomic mass is 10.1. The Balaban J connectivity index is 3.71. The van der Waals surface area contributed by atoms with Gasteiger partial charge in [-0.25, -0.2) is 0 Å². The molecular formula is C25H45NO4. The Morgan fingerprint density at radius 3 is 2.00 bits per heavy atom. The van der Waals surface area contributed by atoms with Crippen molar-refractivity contribution in [3.05, 3.63) is 24.3 Å². The number of carboxylic acids is 1. The van der Waals surface area contributed by atoms with Crippen molar-refractivity contribution < 1.29 is 23.9 Å². The molecule has 0 aliphatic rings. The van der Waals surface area contributed by atoms with Crippen LogP contribution in [0.5, 0.6) is 0 Å². The molecule has 0 aromatic heterocycles. The van der Waals surface area contributed by atoms with E-state index in [4.69, 9.17) is 4.74 Å². The topological polar surface area (TPSA) is 66.4 Å². The van der Waals surface area contributed by atoms with E-state index in [1.807, 2.05) is 21.1 Å². The van der Waals surface area contributed by atoms with Gasteiger partial charge in [0.05, 0.1) is 21.1 Å². The molecule has 30 heavy (non-hydrogen) atoms. The van der Waals surface area contributed by atoms with E-state index in [0.717, 1.165) is 32.1 Å². The predicted molar refractivity (Wildman–Crippen MR) is 122 cm³/mol. The zero-order valence-corrected chi connectivity index (χ0v) is 19.9. The maximum absolute atomic E-state index is 12.0. The lowest BCUT2D eigenvalue weighted by molar-refractivity contribution is -0.873. The molecule has 0 aromatic rings. The first-order chi connectivity index (χ1) is 14.2. The normalized spacial score (nSPS) is 13.2. The number of quaternary nitrogens is 1. The Labute approximate surface area is 184 Å². The minimum Gasteiger partial charge on any atom is -0.550 e. The van der Waals surface area contributed by atoms with Gasteiger partial charge in [-0.1, -0.05) is 63.3 Å². The molecule has 0 bridgehead atoms. The van der Waals surface area contributed by atoms with Crippen molar-refractivity contribution in [3.63, 3.8) is 0 Å². The summed E-state index contributed by atoms with van der Waals surface area (Å²) in [5.41, 5.74) is 0. The molecular weight excluding hydrogens is 378 g/mol. The third-order valence-corrected chi connectivity index (χ3v) is 4.78. The first kappa shape index (κ1) is 28.4. The lowest BCUT2D eigenvalue weighted by Gasteiger charge is -2.29. The third kappa shape index (κ3) is 21.1. The fraction of sp³-hybridized carbons (Fsp3) is 0.760. The summed E-state index contributed by atoms with van der Waals surface area (Å²) in [5.74, 6) is -1.49. The zero-order chi connectivity index (χ0) is 22.7. The molecule has 5 nitrogen and oxygen atoms in total. The Hall–Kier alpha value is -1.62. The first-order valence-corrected chi connectivity index (χ1v) is 11.7. The van der Waals surface area contributed by atoms with E-state index in [1.54, 1.807) is 0 Å². The van der Waals surface area contributed by atoms with Crippen LogP contribution in [0.1, 0.15) is 90.4 Å². The van der Waals surface area contributed by atoms with Crippen molar-refractivity contribution in [2.45, 2.75) is 96.5 Å². The number of ether oxygens (including phenoxy) is 1. The minimum absolute atomic E-state index is 0.247. The Bertz CT molecular complexity index is 506. The van der Waals surface area contributed by atoms with Crippen molar-refractivity contribution in [1.29, 1.82) is 0 Å². The second-order valence-corrected chi connectivity index (χ2v) is 9.14. The summed E-state index contributed by atoms with van der Waals surface area (Å²) in [6.07, 6.45) is 21.0. The number of nitrogens with zero attached hydrogens (tertiary/aromatic N) is 1. The number of hydrogen-bond acceptors (Lipinski definition) is 4. The SMILES string of the molecule is CCCCC/C=C/C/C=C/CCCCCCCC(=O)O[C@H](CC(=O)[O-])C[N+](C)(C)C. The highest BCUT2D eigenvalue weighted by atomic mass is 16.5. The molecule has 0 aliphatic carbocycles. The molecule has 0 aliphatic heterocycles. The maximum atomic E-state index is 12.0. The van der Waals surface area contributed by atoms with Crippen molar-refractivity contribution in [2.24, 2.45) is 0 Å². The van der Waals surface area contributed by atoms with Crippen LogP contribution < -0.4 is 5.11 Å². The maximum Gasteiger partial charge on any atom is 0.306 e. The first-order valence-electron chi connectivity index (χ1n) is 11.7. The minimum atomic E-state index is -1.18. The summed E-state index contributed by atoms with van der Waals surface area (Å²) in [6.45, 7) is 2.69. The number of carbonyl (C=O) groups excluding carboxylic acids is 2. The summed E-state index contributed by atoms with van der Waals surface area (Å²) in [4.78, 5) is 22.9. The molecule has 5 heteroatoms. The molecule has 0 spiro atoms. The highest BCUT2D eigenvalue weighted by Crippen LogP contribution is 2.11. The van der Waals surface area contributed by atoms with Gasteiger partial charge in [-0.2, -0.15) is 0 Å². The van der Waals surface area contributed by atoms with Gasteiger partial charge in [-0.15, -0.1) is 0 Å². The average molecular weight is 424 g/mol. The average Bonchev–Trinajstić information content (AvgIpc) is 2.63. The van der Waals surface area contributed by atoms with Crippen LogP contribution in [0.2, 0.25) is 0 Å². The van der Waals surface area contributed by atoms with Gasteiger partial charge in [0, 0.05) is 18.8 Å². The van der Waals surface area contributed by atoms with Crippen LogP contribution in [0.4, 0.5) is 0 Å². The second kappa shape index (κ2) is 18.2. The van der Waals surface area contributed by atoms with Gasteiger partial charge in [0.25, 0.3) is 0 Å². The molecule has 174 valence electrons. The number of likely N-dealkylation sites (N-methyl/N-ethyl adjacent to an activating group) is 1. The zero-order valence-electron chi connectivity index (χ0n) is 19.9. The molecule has 0 unspecified atom stereocenters. The van der Waals surface area contributed by atoms with Gasteiger partial charge in [-0.05, 0) is 38.5 Å². The van der Waals surface area contributed by atoms with Crippen LogP contribution in [0, 0.1) is 0 Å². The van der Waals surface area contributed by atoms with E-state index in [-0.39, 0.29) is 12.4 Å². The molecule has 0 heterocycles. The fourth-order valence-electron chi connectivity index (χ4n) is 3.27. The number of rotatable bonds is 19. The van der Waals surface area contributed by atoms with Crippen molar-refractivity contribution >= 4 is 11.9 Å². The van der Waals surface area contributed by atoms with E-state index in [9.17, 15) is 14.7 Å². The van der Waals surface area contributed by atoms with Crippen LogP contribution in [-0.2, 0) is 14.3 Å². The quantitative estimate of drug-likeness (QED) is 0.132. The number of hydrogen-bond donors (Lipinski definition) is 0. The van der Waals surface area contributed by atoms with Crippen LogP contribution in [0.3, 0.4) is 0 Å². The molecule has 0 radical (unpaired) electrons. The molecule has 0 amide bonds. The third-order valence-electron chi connectivity index (χ3n) is 4.78. The Kier molecular flexibility index (Phi) is 17.2. The predicted octanol–water partition coefficient (Wildman–Crippen LogP) is 4.56. The van der Waals surface area contributed by atoms with E-state index in [2.05, 4.69) is 31.2 Å². The van der Waals surface area contributed by atoms with Crippen LogP contribution >= 0.6 is 0 Å². The molecule has 0 aromatic carbocycles. The van der Waals surface area contributed by atoms with Gasteiger partial charge in [-0.3, -0.25) is 4.79 Å². The Morgan fingerprint density at radius 1 is 0.867 bits per heavy atom. The van der Waals surface area contributed by atoms with E-state index in [1.165, 1.54) is 38.5 Å². The summed E-state index contributed by atoms with van der Waals surface area (Å²) in [6, 6.07) is 0. The number of aliphatic carboxylic acids is 1. The van der Waals surface area contributed by atoms with Gasteiger partial charge in [0.1, 0.15) is 6.54 Å². The standard InChI is InChI=1S/C25H45NO4/c1-5-6-7-8-9-10-11-12-13-14-15-16-17-18-19-20-25(29)30-23(21-24(27)28)22-26(2,3)4/h9-10,12-13,23H,5-8,11,14-22H2,1-4H3/b10-9+,13-12+/t23-/m1/s1. The number of esters is 1. The summed E-state index contributed by atoms with van der Waals surface area (Å²) in [5, 5.41) is 10.9. The van der Waals surface area contributed by atoms with Crippen LogP contribution in [0.15, 0.2) is 24.3 Å². The molecule has 0 rings (SSSR count). The highest BCUT2D eigenvalue weighted by Gasteiger charge is 2.22. The van der Waals surface area contributed by atoms with Gasteiger partial charge >= 0.3 is 5.97 Å². The molecule has 0 fully saturated rings. The molecule has 0 saturated heterocycles. The van der Waals surface area contributed by atoms with Crippen LogP contribution in [-0.4, -0.2) is 50.2 Å². The van der Waals surface area contributed by atoms with Crippen LogP contribution in [0.25, 0.3) is 0 Å². The Morgan fingerprint density at radius 2 is 1.43 bits per heavy atom. The number of unbranched alkanes of at least 4 members (excludes halogenated alkanes) is 8. The molecule has 0 saturated carbocycles. The highest BCUT2D eigenvalue weighted by molar-refractivity contribution is 5.70. The number of carbonyl (C=O) groups is 2. The van der Waals surface area contributed by atoms with E-state index < -0.39 is 12.1 Å². The summed E-state index contributed by atoms with van der Waals surface area (Å²) < 4.78 is 5.90. The fourth-order valence-corrected chi connectivity index (χ4v) is 3.27. The van der Waals surface area contributed by atoms with E-state index in [0.29, 0.717) is 17.4 Å². The van der Waals surface area contributed by atoms with Gasteiger partial charge in [0.15, 0.2) is 6.10 Å². The lowest BCUT2D eigenvalue weighted by Crippen LogP contribution is -2.45. The van der Waals surface area contributed by atoms with Crippen molar-refractivity contribution in [1.82, 2.24) is 0 Å². The largest absolute Gasteiger partial charge is 0.550 e. The van der Waals surface area contributed by atoms with Crippen molar-refractivity contribution in [3.8, 4) is 0 Å². The number of carboxylic acid groups (broad SMARTS) is 1. The summed E-state index contributed by atoms with van der Waals surface area (Å²) >= 11 is 0. The monoisotopic (exact) mass is 423 g/mol. The van der Waals surface area contributed by atoms with Gasteiger partial charge in [0.2, 0.25) is 0 Å². The number of allylic oxidation sites excluding steroid dienone is 4. The molecule has 1 atom stereocenters. The second-order valence-electron chi connectivity index (χ2n) is 9.14. The summed E-state index contributed by atoms with van der Waals surface area (Å²) in [7, 11) is 5.82. The van der Waals surface area contributed by atoms with Gasteiger partial charge < -0.3 is 19.1 Å². The van der Waals surface area contributed by atoms with Crippen molar-refractivity contribution in [2.75, 3.05) is 27.7 Å². The smallest absolute Gasteiger partial charge is 0.306 e. The van der Waals surface area contributed by atoms with E-state index >= 15 is 0 Å².